The molecule has 1 rings (SSSR count). The highest BCUT2D eigenvalue weighted by molar-refractivity contribution is 7.86. The molecule has 22 heavy (non-hydrogen) atoms. The van der Waals surface area contributed by atoms with Gasteiger partial charge in [0.1, 0.15) is 0 Å². The van der Waals surface area contributed by atoms with Gasteiger partial charge in [-0.15, -0.1) is 6.58 Å². The standard InChI is InChI=1S/C15H21NO5S/c1-5-15(3,4)14(17)16(18)10-11-21-22(19,20)13-8-6-12(2)7-9-13/h5-9,18H,1,10-11H2,2-4H3. The zero-order chi connectivity index (χ0) is 17.0. The summed E-state index contributed by atoms with van der Waals surface area (Å²) in [6.07, 6.45) is 1.41. The molecule has 0 atom stereocenters. The van der Waals surface area contributed by atoms with Gasteiger partial charge in [0.15, 0.2) is 0 Å². The van der Waals surface area contributed by atoms with E-state index in [0.29, 0.717) is 5.06 Å². The Morgan fingerprint density at radius 3 is 2.41 bits per heavy atom. The number of nitrogens with zero attached hydrogens (tertiary/aromatic N) is 1. The number of hydroxylamine groups is 2. The van der Waals surface area contributed by atoms with Crippen LogP contribution in [0.1, 0.15) is 19.4 Å². The monoisotopic (exact) mass is 327 g/mol. The summed E-state index contributed by atoms with van der Waals surface area (Å²) < 4.78 is 28.7. The Balaban J connectivity index is 2.61. The number of rotatable bonds is 7. The van der Waals surface area contributed by atoms with E-state index >= 15 is 0 Å². The van der Waals surface area contributed by atoms with Gasteiger partial charge in [0.2, 0.25) is 0 Å². The third-order valence-electron chi connectivity index (χ3n) is 3.15. The van der Waals surface area contributed by atoms with Gasteiger partial charge in [-0.3, -0.25) is 14.2 Å². The van der Waals surface area contributed by atoms with E-state index in [1.165, 1.54) is 18.2 Å². The first-order valence-corrected chi connectivity index (χ1v) is 8.11. The normalized spacial score (nSPS) is 12.0. The maximum atomic E-state index is 11.9. The fourth-order valence-electron chi connectivity index (χ4n) is 1.53. The molecule has 6 nitrogen and oxygen atoms in total. The summed E-state index contributed by atoms with van der Waals surface area (Å²) in [4.78, 5) is 11.9. The minimum Gasteiger partial charge on any atom is -0.286 e. The lowest BCUT2D eigenvalue weighted by atomic mass is 9.93. The second kappa shape index (κ2) is 7.04. The van der Waals surface area contributed by atoms with Gasteiger partial charge >= 0.3 is 0 Å². The predicted octanol–water partition coefficient (Wildman–Crippen LogP) is 2.13. The molecule has 1 amide bonds. The maximum absolute atomic E-state index is 11.9. The number of carbonyl (C=O) groups is 1. The quantitative estimate of drug-likeness (QED) is 0.359. The largest absolute Gasteiger partial charge is 0.297 e. The average Bonchev–Trinajstić information content (AvgIpc) is 2.46. The van der Waals surface area contributed by atoms with Gasteiger partial charge < -0.3 is 0 Å². The first-order chi connectivity index (χ1) is 10.1. The topological polar surface area (TPSA) is 83.9 Å². The second-order valence-corrected chi connectivity index (χ2v) is 7.06. The molecule has 0 heterocycles. The van der Waals surface area contributed by atoms with Crippen molar-refractivity contribution in [3.63, 3.8) is 0 Å². The van der Waals surface area contributed by atoms with Crippen molar-refractivity contribution >= 4 is 16.0 Å². The number of aryl methyl sites for hydroxylation is 1. The Morgan fingerprint density at radius 2 is 1.91 bits per heavy atom. The molecule has 0 radical (unpaired) electrons. The second-order valence-electron chi connectivity index (χ2n) is 5.44. The Kier molecular flexibility index (Phi) is 5.87. The summed E-state index contributed by atoms with van der Waals surface area (Å²) in [6, 6.07) is 6.19. The Hall–Kier alpha value is -1.70. The number of carbonyl (C=O) groups excluding carboxylic acids is 1. The first-order valence-electron chi connectivity index (χ1n) is 6.71. The average molecular weight is 327 g/mol. The van der Waals surface area contributed by atoms with Crippen LogP contribution in [-0.4, -0.2) is 37.7 Å². The molecule has 7 heteroatoms. The molecule has 0 aliphatic rings. The van der Waals surface area contributed by atoms with Gasteiger partial charge in [-0.05, 0) is 32.9 Å². The minimum absolute atomic E-state index is 0.0281. The number of benzene rings is 1. The number of hydrogen-bond donors (Lipinski definition) is 1. The molecule has 0 saturated carbocycles. The van der Waals surface area contributed by atoms with Crippen molar-refractivity contribution in [2.24, 2.45) is 5.41 Å². The van der Waals surface area contributed by atoms with E-state index in [-0.39, 0.29) is 18.0 Å². The minimum atomic E-state index is -3.91. The highest BCUT2D eigenvalue weighted by atomic mass is 32.2. The zero-order valence-electron chi connectivity index (χ0n) is 12.9. The summed E-state index contributed by atoms with van der Waals surface area (Å²) in [5.74, 6) is -0.584. The molecule has 0 saturated heterocycles. The van der Waals surface area contributed by atoms with Gasteiger partial charge in [-0.25, -0.2) is 5.06 Å². The Bertz CT molecular complexity index is 634. The smallest absolute Gasteiger partial charge is 0.286 e. The summed E-state index contributed by atoms with van der Waals surface area (Å²) in [6.45, 7) is 7.94. The van der Waals surface area contributed by atoms with E-state index in [4.69, 9.17) is 4.18 Å². The molecule has 1 N–H and O–H groups in total. The van der Waals surface area contributed by atoms with Gasteiger partial charge in [0.25, 0.3) is 16.0 Å². The molecule has 0 aromatic heterocycles. The summed E-state index contributed by atoms with van der Waals surface area (Å²) in [5.41, 5.74) is -0.0114. The zero-order valence-corrected chi connectivity index (χ0v) is 13.8. The van der Waals surface area contributed by atoms with Crippen LogP contribution in [0.25, 0.3) is 0 Å². The van der Waals surface area contributed by atoms with Crippen molar-refractivity contribution in [1.29, 1.82) is 0 Å². The van der Waals surface area contributed by atoms with Crippen LogP contribution in [-0.2, 0) is 19.1 Å². The predicted molar refractivity (Wildman–Crippen MR) is 81.8 cm³/mol. The lowest BCUT2D eigenvalue weighted by molar-refractivity contribution is -0.174. The highest BCUT2D eigenvalue weighted by Gasteiger charge is 2.28. The van der Waals surface area contributed by atoms with Crippen molar-refractivity contribution in [2.45, 2.75) is 25.7 Å². The number of amides is 1. The van der Waals surface area contributed by atoms with Crippen molar-refractivity contribution in [2.75, 3.05) is 13.2 Å². The van der Waals surface area contributed by atoms with Crippen LogP contribution in [0.2, 0.25) is 0 Å². The fraction of sp³-hybridized carbons (Fsp3) is 0.400. The molecule has 0 unspecified atom stereocenters. The lowest BCUT2D eigenvalue weighted by Gasteiger charge is -2.24. The van der Waals surface area contributed by atoms with Crippen LogP contribution < -0.4 is 0 Å². The first kappa shape index (κ1) is 18.3. The maximum Gasteiger partial charge on any atom is 0.297 e. The molecule has 1 aromatic rings. The molecule has 0 aliphatic carbocycles. The van der Waals surface area contributed by atoms with Crippen LogP contribution in [0.15, 0.2) is 41.8 Å². The Morgan fingerprint density at radius 1 is 1.36 bits per heavy atom. The summed E-state index contributed by atoms with van der Waals surface area (Å²) in [7, 11) is -3.91. The summed E-state index contributed by atoms with van der Waals surface area (Å²) >= 11 is 0. The van der Waals surface area contributed by atoms with E-state index in [2.05, 4.69) is 6.58 Å². The fourth-order valence-corrected chi connectivity index (χ4v) is 2.43. The van der Waals surface area contributed by atoms with Gasteiger partial charge in [0, 0.05) is 0 Å². The molecule has 0 fully saturated rings. The van der Waals surface area contributed by atoms with Gasteiger partial charge in [0.05, 0.1) is 23.5 Å². The van der Waals surface area contributed by atoms with E-state index in [1.807, 2.05) is 6.92 Å². The summed E-state index contributed by atoms with van der Waals surface area (Å²) in [5, 5.41) is 10.1. The Labute approximate surface area is 131 Å². The van der Waals surface area contributed by atoms with Crippen LogP contribution in [0.5, 0.6) is 0 Å². The third kappa shape index (κ3) is 4.66. The van der Waals surface area contributed by atoms with E-state index in [0.717, 1.165) is 5.56 Å². The molecular formula is C15H21NO5S. The highest BCUT2D eigenvalue weighted by Crippen LogP contribution is 2.19. The van der Waals surface area contributed by atoms with Gasteiger partial charge in [-0.2, -0.15) is 8.42 Å². The third-order valence-corrected chi connectivity index (χ3v) is 4.47. The van der Waals surface area contributed by atoms with Crippen molar-refractivity contribution in [3.8, 4) is 0 Å². The van der Waals surface area contributed by atoms with E-state index < -0.39 is 21.4 Å². The molecule has 0 spiro atoms. The molecule has 0 aliphatic heterocycles. The van der Waals surface area contributed by atoms with Gasteiger partial charge in [-0.1, -0.05) is 23.8 Å². The van der Waals surface area contributed by atoms with Crippen LogP contribution in [0, 0.1) is 12.3 Å². The van der Waals surface area contributed by atoms with Crippen molar-refractivity contribution in [3.05, 3.63) is 42.5 Å². The van der Waals surface area contributed by atoms with Crippen LogP contribution >= 0.6 is 0 Å². The molecular weight excluding hydrogens is 306 g/mol. The van der Waals surface area contributed by atoms with Crippen LogP contribution in [0.4, 0.5) is 0 Å². The van der Waals surface area contributed by atoms with Crippen molar-refractivity contribution < 1.29 is 22.6 Å². The van der Waals surface area contributed by atoms with E-state index in [9.17, 15) is 18.4 Å². The molecule has 122 valence electrons. The molecule has 1 aromatic carbocycles. The SMILES string of the molecule is C=CC(C)(C)C(=O)N(O)CCOS(=O)(=O)c1ccc(C)cc1. The molecule has 0 bridgehead atoms. The van der Waals surface area contributed by atoms with Crippen molar-refractivity contribution in [1.82, 2.24) is 5.06 Å². The number of hydrogen-bond acceptors (Lipinski definition) is 5. The van der Waals surface area contributed by atoms with E-state index in [1.54, 1.807) is 26.0 Å². The lowest BCUT2D eigenvalue weighted by Crippen LogP contribution is -2.39. The van der Waals surface area contributed by atoms with Crippen LogP contribution in [0.3, 0.4) is 0 Å².